The predicted molar refractivity (Wildman–Crippen MR) is 101 cm³/mol. The zero-order valence-electron chi connectivity index (χ0n) is 15.2. The highest BCUT2D eigenvalue weighted by Gasteiger charge is 2.11. The summed E-state index contributed by atoms with van der Waals surface area (Å²) in [4.78, 5) is 16.7. The lowest BCUT2D eigenvalue weighted by atomic mass is 10.1. The van der Waals surface area contributed by atoms with Gasteiger partial charge < -0.3 is 10.4 Å². The lowest BCUT2D eigenvalue weighted by Gasteiger charge is -2.08. The fourth-order valence-corrected chi connectivity index (χ4v) is 2.23. The third-order valence-corrected chi connectivity index (χ3v) is 4.06. The van der Waals surface area contributed by atoms with E-state index in [-0.39, 0.29) is 17.8 Å². The Hall–Kier alpha value is -2.95. The van der Waals surface area contributed by atoms with E-state index in [4.69, 9.17) is 0 Å². The maximum Gasteiger partial charge on any atom is 0.270 e. The minimum atomic E-state index is -0.730. The minimum Gasteiger partial charge on any atom is -0.505 e. The van der Waals surface area contributed by atoms with Gasteiger partial charge in [-0.2, -0.15) is 0 Å². The number of aromatic nitrogens is 1. The summed E-state index contributed by atoms with van der Waals surface area (Å²) >= 11 is 0. The van der Waals surface area contributed by atoms with Crippen molar-refractivity contribution < 1.29 is 14.3 Å². The Morgan fingerprint density at radius 2 is 2.08 bits per heavy atom. The Morgan fingerprint density at radius 3 is 2.81 bits per heavy atom. The highest BCUT2D eigenvalue weighted by atomic mass is 19.1. The molecule has 0 unspecified atom stereocenters. The van der Waals surface area contributed by atoms with E-state index in [1.54, 1.807) is 6.07 Å². The van der Waals surface area contributed by atoms with Gasteiger partial charge in [0.15, 0.2) is 11.6 Å². The lowest BCUT2D eigenvalue weighted by Crippen LogP contribution is -2.24. The topological polar surface area (TPSA) is 62.2 Å². The second-order valence-electron chi connectivity index (χ2n) is 6.06. The molecule has 0 aliphatic carbocycles. The van der Waals surface area contributed by atoms with Gasteiger partial charge in [0, 0.05) is 12.1 Å². The van der Waals surface area contributed by atoms with Crippen LogP contribution >= 0.6 is 0 Å². The highest BCUT2D eigenvalue weighted by Crippen LogP contribution is 2.18. The van der Waals surface area contributed by atoms with Crippen LogP contribution in [0.15, 0.2) is 48.1 Å². The Morgan fingerprint density at radius 1 is 1.31 bits per heavy atom. The molecule has 0 spiro atoms. The van der Waals surface area contributed by atoms with Gasteiger partial charge in [0.1, 0.15) is 5.69 Å². The van der Waals surface area contributed by atoms with Crippen LogP contribution in [0.5, 0.6) is 5.75 Å². The van der Waals surface area contributed by atoms with E-state index in [0.29, 0.717) is 5.69 Å². The molecule has 2 N–H and O–H groups in total. The first-order valence-electron chi connectivity index (χ1n) is 8.48. The van der Waals surface area contributed by atoms with Crippen LogP contribution in [-0.4, -0.2) is 16.0 Å². The van der Waals surface area contributed by atoms with E-state index in [1.807, 2.05) is 31.2 Å². The number of phenolic OH excluding ortho intramolecular Hbond substituents is 1. The van der Waals surface area contributed by atoms with Crippen molar-refractivity contribution in [2.45, 2.75) is 33.7 Å². The first-order valence-corrected chi connectivity index (χ1v) is 8.48. The number of benzene rings is 1. The number of carbonyl (C=O) groups is 1. The van der Waals surface area contributed by atoms with Crippen molar-refractivity contribution in [1.82, 2.24) is 10.3 Å². The number of nitrogens with zero attached hydrogens (tertiary/aromatic N) is 1. The molecule has 0 saturated carbocycles. The second-order valence-corrected chi connectivity index (χ2v) is 6.06. The van der Waals surface area contributed by atoms with Gasteiger partial charge in [-0.05, 0) is 44.0 Å². The van der Waals surface area contributed by atoms with Crippen molar-refractivity contribution in [2.75, 3.05) is 0 Å². The maximum atomic E-state index is 13.8. The van der Waals surface area contributed by atoms with Gasteiger partial charge >= 0.3 is 0 Å². The van der Waals surface area contributed by atoms with E-state index >= 15 is 0 Å². The zero-order chi connectivity index (χ0) is 19.1. The van der Waals surface area contributed by atoms with Crippen LogP contribution < -0.4 is 5.32 Å². The molecule has 136 valence electrons. The summed E-state index contributed by atoms with van der Waals surface area (Å²) in [7, 11) is 0. The molecule has 0 aliphatic heterocycles. The Balaban J connectivity index is 2.12. The summed E-state index contributed by atoms with van der Waals surface area (Å²) in [6.45, 7) is 6.03. The molecular weight excluding hydrogens is 331 g/mol. The van der Waals surface area contributed by atoms with Crippen LogP contribution in [0.2, 0.25) is 0 Å². The van der Waals surface area contributed by atoms with E-state index < -0.39 is 17.5 Å². The normalized spacial score (nSPS) is 11.8. The van der Waals surface area contributed by atoms with Crippen LogP contribution in [0.4, 0.5) is 4.39 Å². The smallest absolute Gasteiger partial charge is 0.270 e. The summed E-state index contributed by atoms with van der Waals surface area (Å²) in [6, 6.07) is 7.75. The number of carbonyl (C=O) groups excluding carboxylic acids is 1. The predicted octanol–water partition coefficient (Wildman–Crippen LogP) is 4.53. The fraction of sp³-hybridized carbons (Fsp3) is 0.238. The molecule has 0 bridgehead atoms. The van der Waals surface area contributed by atoms with E-state index in [1.165, 1.54) is 23.8 Å². The van der Waals surface area contributed by atoms with Crippen molar-refractivity contribution in [2.24, 2.45) is 0 Å². The zero-order valence-corrected chi connectivity index (χ0v) is 15.2. The number of halogens is 1. The molecule has 5 heteroatoms. The van der Waals surface area contributed by atoms with Gasteiger partial charge in [-0.15, -0.1) is 0 Å². The van der Waals surface area contributed by atoms with Crippen LogP contribution in [0.3, 0.4) is 0 Å². The van der Waals surface area contributed by atoms with Crippen LogP contribution in [0.1, 0.15) is 47.6 Å². The number of phenols is 1. The second kappa shape index (κ2) is 8.94. The van der Waals surface area contributed by atoms with Gasteiger partial charge in [-0.25, -0.2) is 9.37 Å². The molecule has 1 aromatic heterocycles. The van der Waals surface area contributed by atoms with Gasteiger partial charge in [-0.3, -0.25) is 4.79 Å². The van der Waals surface area contributed by atoms with Crippen molar-refractivity contribution in [3.05, 3.63) is 76.4 Å². The third kappa shape index (κ3) is 5.02. The molecule has 2 aromatic rings. The fourth-order valence-electron chi connectivity index (χ4n) is 2.23. The third-order valence-electron chi connectivity index (χ3n) is 4.06. The largest absolute Gasteiger partial charge is 0.505 e. The molecule has 0 fully saturated rings. The minimum absolute atomic E-state index is 0.0295. The molecule has 0 saturated heterocycles. The number of hydrogen-bond acceptors (Lipinski definition) is 3. The Bertz CT molecular complexity index is 857. The molecule has 1 amide bonds. The van der Waals surface area contributed by atoms with Crippen LogP contribution in [0.25, 0.3) is 6.08 Å². The first kappa shape index (κ1) is 19.4. The summed E-state index contributed by atoms with van der Waals surface area (Å²) in [5.41, 5.74) is 3.39. The molecule has 1 heterocycles. The summed E-state index contributed by atoms with van der Waals surface area (Å²) in [5.74, 6) is -1.57. The van der Waals surface area contributed by atoms with Crippen molar-refractivity contribution in [3.8, 4) is 5.75 Å². The lowest BCUT2D eigenvalue weighted by molar-refractivity contribution is 0.0945. The number of pyridine rings is 1. The number of hydrogen-bond donors (Lipinski definition) is 2. The van der Waals surface area contributed by atoms with Crippen LogP contribution in [-0.2, 0) is 6.54 Å². The molecule has 4 nitrogen and oxygen atoms in total. The van der Waals surface area contributed by atoms with E-state index in [2.05, 4.69) is 24.1 Å². The molecule has 0 atom stereocenters. The van der Waals surface area contributed by atoms with Crippen molar-refractivity contribution in [3.63, 3.8) is 0 Å². The first-order chi connectivity index (χ1) is 12.4. The quantitative estimate of drug-likeness (QED) is 0.749. The molecule has 26 heavy (non-hydrogen) atoms. The Kier molecular flexibility index (Phi) is 6.67. The molecule has 1 aromatic carbocycles. The summed E-state index contributed by atoms with van der Waals surface area (Å²) < 4.78 is 13.8. The Labute approximate surface area is 153 Å². The van der Waals surface area contributed by atoms with E-state index in [9.17, 15) is 14.3 Å². The number of rotatable bonds is 6. The number of allylic oxidation sites excluding steroid dienone is 3. The van der Waals surface area contributed by atoms with Gasteiger partial charge in [0.25, 0.3) is 5.91 Å². The summed E-state index contributed by atoms with van der Waals surface area (Å²) in [6.07, 6.45) is 6.77. The van der Waals surface area contributed by atoms with Crippen molar-refractivity contribution in [1.29, 1.82) is 0 Å². The average Bonchev–Trinajstić information content (AvgIpc) is 2.64. The number of nitrogens with one attached hydrogen (secondary N) is 1. The molecular formula is C21H23FN2O2. The number of amides is 1. The number of aromatic hydroxyl groups is 1. The molecule has 0 aliphatic rings. The SMILES string of the molecule is CC/C(C)=C/C=C\c1nc(C(=O)NCc2cccc(O)c2F)ccc1C. The van der Waals surface area contributed by atoms with Crippen molar-refractivity contribution >= 4 is 12.0 Å². The molecule has 2 rings (SSSR count). The van der Waals surface area contributed by atoms with Gasteiger partial charge in [0.2, 0.25) is 0 Å². The van der Waals surface area contributed by atoms with Crippen LogP contribution in [0, 0.1) is 12.7 Å². The van der Waals surface area contributed by atoms with Gasteiger partial charge in [-0.1, -0.05) is 42.8 Å². The van der Waals surface area contributed by atoms with E-state index in [0.717, 1.165) is 12.0 Å². The van der Waals surface area contributed by atoms with Gasteiger partial charge in [0.05, 0.1) is 5.69 Å². The summed E-state index contributed by atoms with van der Waals surface area (Å²) in [5, 5.41) is 12.0. The standard InChI is InChI=1S/C21H23FN2O2/c1-4-14(2)7-5-9-17-15(3)11-12-18(24-17)21(26)23-13-16-8-6-10-19(25)20(16)22/h5-12,25H,4,13H2,1-3H3,(H,23,26)/b9-5-,14-7+. The monoisotopic (exact) mass is 354 g/mol. The maximum absolute atomic E-state index is 13.8. The average molecular weight is 354 g/mol. The number of aryl methyl sites for hydroxylation is 1. The highest BCUT2D eigenvalue weighted by molar-refractivity contribution is 5.92. The molecule has 0 radical (unpaired) electrons.